The number of aliphatic carboxylic acids is 1. The van der Waals surface area contributed by atoms with Gasteiger partial charge in [0.25, 0.3) is 24.6 Å². The molecule has 0 saturated carbocycles. The molecule has 2 aliphatic rings. The largest absolute Gasteiger partial charge is 0.477 e. The summed E-state index contributed by atoms with van der Waals surface area (Å²) in [5.41, 5.74) is 6.71. The predicted molar refractivity (Wildman–Crippen MR) is 212 cm³/mol. The van der Waals surface area contributed by atoms with Gasteiger partial charge in [-0.3, -0.25) is 19.3 Å². The lowest BCUT2D eigenvalue weighted by Gasteiger charge is -2.49. The predicted octanol–water partition coefficient (Wildman–Crippen LogP) is 2.81. The Morgan fingerprint density at radius 2 is 1.63 bits per heavy atom. The van der Waals surface area contributed by atoms with Crippen molar-refractivity contribution in [3.05, 3.63) is 137 Å². The smallest absolute Gasteiger partial charge is 0.352 e. The van der Waals surface area contributed by atoms with Gasteiger partial charge in [0.2, 0.25) is 16.7 Å². The first-order chi connectivity index (χ1) is 27.4. The van der Waals surface area contributed by atoms with Crippen molar-refractivity contribution in [3.63, 3.8) is 0 Å². The molecule has 1 aromatic heterocycles. The number of amides is 3. The third-order valence-corrected chi connectivity index (χ3v) is 11.6. The summed E-state index contributed by atoms with van der Waals surface area (Å²) in [6, 6.07) is 27.2. The normalized spacial score (nSPS) is 17.8. The minimum Gasteiger partial charge on any atom is -0.477 e. The number of anilines is 1. The number of alkyl halides is 1. The van der Waals surface area contributed by atoms with Crippen LogP contribution >= 0.6 is 23.3 Å². The molecule has 2 aliphatic heterocycles. The Bertz CT molecular complexity index is 2110. The number of nitrogens with two attached hydrogens (primary N) is 1. The fraction of sp³-hybridized carbons (Fsp3) is 0.256. The van der Waals surface area contributed by atoms with Gasteiger partial charge in [-0.05, 0) is 28.3 Å². The molecule has 6 N–H and O–H groups in total. The molecule has 4 aromatic rings. The van der Waals surface area contributed by atoms with Gasteiger partial charge in [-0.15, -0.1) is 11.8 Å². The van der Waals surface area contributed by atoms with E-state index in [-0.39, 0.29) is 33.4 Å². The lowest BCUT2D eigenvalue weighted by Crippen LogP contribution is -2.71. The number of benzene rings is 3. The van der Waals surface area contributed by atoms with Crippen molar-refractivity contribution in [1.29, 1.82) is 0 Å². The number of nitrogens with one attached hydrogen (secondary N) is 2. The standard InChI is InChI=1S/C39H39FN8O7S2/c1-48(2,28(21-49)32(41)50)20-12-13-24-22-56-36-30(35(52)47(36)31(24)37(53)54)42-34(51)29(45-55-23-40)33-43-38(57-46-33)44-39(25-14-6-3-7-15-25,26-16-8-4-9-17-26)27-18-10-5-11-19-27/h3-19,28,30,36,49H,20-23H2,1-2H3,(H4-,41,42,43,44,46,50,51,53,54)/p+1/b13-12+,45-29-/t28-,30-,36+/m1/s1. The molecule has 0 aliphatic carbocycles. The lowest BCUT2D eigenvalue weighted by atomic mass is 9.77. The van der Waals surface area contributed by atoms with Gasteiger partial charge >= 0.3 is 5.97 Å². The SMILES string of the molecule is C[N+](C)(C/C=C/C1=C(C(=O)O)N2C(=O)[C@@H](NC(=O)/C(=N\OCF)c3nsc(NC(c4ccccc4)(c4ccccc4)c4ccccc4)n3)[C@@H]2SC1)[C@H](CO)C(N)=O. The summed E-state index contributed by atoms with van der Waals surface area (Å²) in [5, 5.41) is 29.1. The third-order valence-electron chi connectivity index (χ3n) is 9.70. The Labute approximate surface area is 335 Å². The molecule has 3 atom stereocenters. The maximum atomic E-state index is 13.8. The number of aliphatic hydroxyl groups is 1. The van der Waals surface area contributed by atoms with Gasteiger partial charge in [-0.25, -0.2) is 9.18 Å². The maximum absolute atomic E-state index is 13.8. The van der Waals surface area contributed by atoms with Crippen molar-refractivity contribution in [2.45, 2.75) is 23.0 Å². The number of aliphatic hydroxyl groups excluding tert-OH is 1. The van der Waals surface area contributed by atoms with Crippen LogP contribution in [0.25, 0.3) is 0 Å². The zero-order valence-corrected chi connectivity index (χ0v) is 32.5. The van der Waals surface area contributed by atoms with Gasteiger partial charge in [-0.2, -0.15) is 9.36 Å². The second kappa shape index (κ2) is 17.5. The molecule has 0 unspecified atom stereocenters. The van der Waals surface area contributed by atoms with E-state index < -0.39 is 65.9 Å². The molecule has 15 nitrogen and oxygen atoms in total. The van der Waals surface area contributed by atoms with Crippen molar-refractivity contribution in [2.24, 2.45) is 10.9 Å². The van der Waals surface area contributed by atoms with E-state index >= 15 is 0 Å². The molecule has 6 rings (SSSR count). The number of allylic oxidation sites excluding steroid dienone is 1. The molecule has 3 heterocycles. The number of carboxylic acids is 1. The second-order valence-electron chi connectivity index (χ2n) is 13.6. The fourth-order valence-corrected chi connectivity index (χ4v) is 8.76. The first kappa shape index (κ1) is 40.7. The molecule has 0 bridgehead atoms. The fourth-order valence-electron chi connectivity index (χ4n) is 6.81. The number of quaternary nitrogens is 1. The number of hydrogen-bond acceptors (Lipinski definition) is 12. The van der Waals surface area contributed by atoms with Crippen LogP contribution in [-0.4, -0.2) is 116 Å². The Hall–Kier alpha value is -5.95. The van der Waals surface area contributed by atoms with Crippen LogP contribution in [0.3, 0.4) is 0 Å². The lowest BCUT2D eigenvalue weighted by molar-refractivity contribution is -0.900. The van der Waals surface area contributed by atoms with Gasteiger partial charge in [-0.1, -0.05) is 102 Å². The minimum atomic E-state index is -1.36. The van der Waals surface area contributed by atoms with Crippen LogP contribution in [0, 0.1) is 0 Å². The molecule has 18 heteroatoms. The summed E-state index contributed by atoms with van der Waals surface area (Å²) in [4.78, 5) is 61.8. The van der Waals surface area contributed by atoms with Crippen LogP contribution in [0.1, 0.15) is 22.5 Å². The minimum absolute atomic E-state index is 0.0138. The van der Waals surface area contributed by atoms with Crippen LogP contribution in [-0.2, 0) is 29.6 Å². The zero-order chi connectivity index (χ0) is 40.7. The number of carbonyl (C=O) groups excluding carboxylic acids is 3. The van der Waals surface area contributed by atoms with Gasteiger partial charge in [0.05, 0.1) is 20.6 Å². The molecule has 1 saturated heterocycles. The molecular formula is C39H40FN8O7S2+. The number of aromatic nitrogens is 2. The van der Waals surface area contributed by atoms with Crippen LogP contribution < -0.4 is 16.4 Å². The molecule has 3 aromatic carbocycles. The summed E-state index contributed by atoms with van der Waals surface area (Å²) in [6.07, 6.45) is 3.21. The van der Waals surface area contributed by atoms with E-state index in [0.29, 0.717) is 5.57 Å². The highest BCUT2D eigenvalue weighted by Crippen LogP contribution is 2.42. The molecule has 3 amide bonds. The Morgan fingerprint density at radius 3 is 2.14 bits per heavy atom. The van der Waals surface area contributed by atoms with Gasteiger partial charge in [0.1, 0.15) is 29.3 Å². The first-order valence-electron chi connectivity index (χ1n) is 17.6. The van der Waals surface area contributed by atoms with Crippen LogP contribution in [0.2, 0.25) is 0 Å². The Balaban J connectivity index is 1.24. The Kier molecular flexibility index (Phi) is 12.5. The molecule has 1 fully saturated rings. The van der Waals surface area contributed by atoms with Crippen molar-refractivity contribution in [2.75, 3.05) is 45.2 Å². The third kappa shape index (κ3) is 8.29. The number of primary amides is 1. The molecular weight excluding hydrogens is 776 g/mol. The topological polar surface area (TPSA) is 209 Å². The quantitative estimate of drug-likeness (QED) is 0.0344. The average Bonchev–Trinajstić information content (AvgIpc) is 3.67. The second-order valence-corrected chi connectivity index (χ2v) is 15.4. The number of thioether (sulfide) groups is 1. The number of carbonyl (C=O) groups is 4. The number of hydrogen-bond donors (Lipinski definition) is 5. The highest BCUT2D eigenvalue weighted by Gasteiger charge is 2.54. The van der Waals surface area contributed by atoms with Crippen LogP contribution in [0.15, 0.2) is 120 Å². The van der Waals surface area contributed by atoms with Crippen molar-refractivity contribution in [1.82, 2.24) is 19.6 Å². The van der Waals surface area contributed by atoms with Gasteiger partial charge in [0.15, 0.2) is 6.04 Å². The summed E-state index contributed by atoms with van der Waals surface area (Å²) >= 11 is 2.16. The number of halogens is 1. The van der Waals surface area contributed by atoms with E-state index in [2.05, 4.69) is 30.0 Å². The van der Waals surface area contributed by atoms with E-state index in [4.69, 9.17) is 5.73 Å². The van der Waals surface area contributed by atoms with Crippen molar-refractivity contribution < 1.29 is 43.1 Å². The van der Waals surface area contributed by atoms with E-state index in [9.17, 15) is 33.8 Å². The number of rotatable bonds is 17. The van der Waals surface area contributed by atoms with E-state index in [1.165, 1.54) is 11.8 Å². The molecule has 0 radical (unpaired) electrons. The zero-order valence-electron chi connectivity index (χ0n) is 30.8. The van der Waals surface area contributed by atoms with Crippen LogP contribution in [0.4, 0.5) is 9.52 Å². The highest BCUT2D eigenvalue weighted by atomic mass is 32.2. The number of fused-ring (bicyclic) bond motifs is 1. The number of carboxylic acid groups (broad SMARTS) is 1. The summed E-state index contributed by atoms with van der Waals surface area (Å²) in [7, 11) is 3.39. The number of likely N-dealkylation sites (N-methyl/N-ethyl adjacent to an activating group) is 1. The molecule has 296 valence electrons. The van der Waals surface area contributed by atoms with Gasteiger partial charge in [0, 0.05) is 17.3 Å². The summed E-state index contributed by atoms with van der Waals surface area (Å²) in [6.45, 7) is -1.60. The van der Waals surface area contributed by atoms with Gasteiger partial charge < -0.3 is 35.9 Å². The van der Waals surface area contributed by atoms with E-state index in [1.807, 2.05) is 91.0 Å². The van der Waals surface area contributed by atoms with Crippen molar-refractivity contribution in [3.8, 4) is 0 Å². The molecule has 57 heavy (non-hydrogen) atoms. The van der Waals surface area contributed by atoms with E-state index in [1.54, 1.807) is 26.2 Å². The highest BCUT2D eigenvalue weighted by molar-refractivity contribution is 8.00. The van der Waals surface area contributed by atoms with Crippen LogP contribution in [0.5, 0.6) is 0 Å². The molecule has 0 spiro atoms. The summed E-state index contributed by atoms with van der Waals surface area (Å²) < 4.78 is 17.7. The number of oxime groups is 1. The first-order valence-corrected chi connectivity index (χ1v) is 19.4. The summed E-state index contributed by atoms with van der Waals surface area (Å²) in [5.74, 6) is -3.68. The van der Waals surface area contributed by atoms with Crippen molar-refractivity contribution >= 4 is 57.8 Å². The monoisotopic (exact) mass is 815 g/mol. The Morgan fingerprint density at radius 1 is 1.05 bits per heavy atom. The average molecular weight is 816 g/mol. The van der Waals surface area contributed by atoms with E-state index in [0.717, 1.165) is 33.1 Å². The number of nitrogens with zero attached hydrogens (tertiary/aromatic N) is 5. The maximum Gasteiger partial charge on any atom is 0.352 e. The number of β-lactam (4-membered cyclic amide) rings is 1.